The highest BCUT2D eigenvalue weighted by atomic mass is 13.8. The van der Waals surface area contributed by atoms with Crippen LogP contribution in [-0.4, -0.2) is 0 Å². The summed E-state index contributed by atoms with van der Waals surface area (Å²) in [6.45, 7) is 4.14. The minimum absolute atomic E-state index is 1.06. The Kier molecular flexibility index (Phi) is 6.20. The number of hydrogen-bond donors (Lipinski definition) is 0. The van der Waals surface area contributed by atoms with E-state index in [1.54, 1.807) is 0 Å². The second-order valence-electron chi connectivity index (χ2n) is 1.71. The Bertz CT molecular complexity index is 81.9. The summed E-state index contributed by atoms with van der Waals surface area (Å²) in [5.41, 5.74) is 0. The van der Waals surface area contributed by atoms with Crippen LogP contribution < -0.4 is 0 Å². The van der Waals surface area contributed by atoms with E-state index in [1.807, 2.05) is 13.3 Å². The van der Waals surface area contributed by atoms with Gasteiger partial charge < -0.3 is 0 Å². The van der Waals surface area contributed by atoms with Gasteiger partial charge in [-0.1, -0.05) is 26.2 Å². The minimum atomic E-state index is 1.06. The highest BCUT2D eigenvalue weighted by Crippen LogP contribution is 1.89. The Morgan fingerprint density at radius 1 is 1.50 bits per heavy atom. The van der Waals surface area contributed by atoms with Crippen molar-refractivity contribution in [2.75, 3.05) is 0 Å². The van der Waals surface area contributed by atoms with Crippen molar-refractivity contribution >= 4 is 0 Å². The molecule has 0 heterocycles. The summed E-state index contributed by atoms with van der Waals surface area (Å²) >= 11 is 0. The van der Waals surface area contributed by atoms with Gasteiger partial charge in [-0.05, 0) is 6.42 Å². The molecule has 0 atom stereocenters. The number of unbranched alkanes of at least 4 members (excludes halogenated alkanes) is 2. The third-order valence-corrected chi connectivity index (χ3v) is 0.902. The molecule has 0 aliphatic rings. The monoisotopic (exact) mass is 109 g/mol. The average molecular weight is 109 g/mol. The summed E-state index contributed by atoms with van der Waals surface area (Å²) in [7, 11) is 0. The van der Waals surface area contributed by atoms with Gasteiger partial charge in [-0.2, -0.15) is 0 Å². The first-order chi connectivity index (χ1) is 3.91. The highest BCUT2D eigenvalue weighted by molar-refractivity contribution is 5.07. The van der Waals surface area contributed by atoms with Crippen molar-refractivity contribution in [2.45, 2.75) is 33.1 Å². The van der Waals surface area contributed by atoms with Gasteiger partial charge in [-0.3, -0.25) is 0 Å². The Morgan fingerprint density at radius 2 is 2.25 bits per heavy atom. The molecule has 0 bridgehead atoms. The number of rotatable bonds is 2. The van der Waals surface area contributed by atoms with Gasteiger partial charge >= 0.3 is 0 Å². The molecule has 0 unspecified atom stereocenters. The molecule has 8 heavy (non-hydrogen) atoms. The lowest BCUT2D eigenvalue weighted by Gasteiger charge is -1.81. The molecule has 0 fully saturated rings. The lowest BCUT2D eigenvalue weighted by molar-refractivity contribution is 0.828. The highest BCUT2D eigenvalue weighted by Gasteiger charge is 1.73. The zero-order chi connectivity index (χ0) is 6.24. The molecule has 0 saturated heterocycles. The van der Waals surface area contributed by atoms with E-state index >= 15 is 0 Å². The first kappa shape index (κ1) is 7.56. The minimum Gasteiger partial charge on any atom is -0.103 e. The zero-order valence-corrected chi connectivity index (χ0v) is 5.70. The second-order valence-corrected chi connectivity index (χ2v) is 1.71. The van der Waals surface area contributed by atoms with Crippen molar-refractivity contribution in [2.24, 2.45) is 0 Å². The van der Waals surface area contributed by atoms with Crippen LogP contribution in [0, 0.1) is 18.3 Å². The molecule has 0 aliphatic carbocycles. The van der Waals surface area contributed by atoms with Crippen molar-refractivity contribution in [3.8, 4) is 11.8 Å². The maximum atomic E-state index is 3.03. The van der Waals surface area contributed by atoms with Gasteiger partial charge in [0.05, 0.1) is 0 Å². The molecule has 0 N–H and O–H groups in total. The SMILES string of the molecule is C[CH]C#CCCCC. The molecule has 0 aromatic rings. The molecular formula is C8H13. The van der Waals surface area contributed by atoms with E-state index in [1.165, 1.54) is 12.8 Å². The molecule has 0 nitrogen and oxygen atoms in total. The van der Waals surface area contributed by atoms with Crippen molar-refractivity contribution in [1.82, 2.24) is 0 Å². The van der Waals surface area contributed by atoms with Gasteiger partial charge in [0, 0.05) is 12.8 Å². The molecule has 0 aliphatic heterocycles. The summed E-state index contributed by atoms with van der Waals surface area (Å²) in [4.78, 5) is 0. The summed E-state index contributed by atoms with van der Waals surface area (Å²) in [5.74, 6) is 5.94. The Morgan fingerprint density at radius 3 is 2.75 bits per heavy atom. The maximum absolute atomic E-state index is 3.03. The second kappa shape index (κ2) is 6.56. The van der Waals surface area contributed by atoms with Crippen molar-refractivity contribution < 1.29 is 0 Å². The van der Waals surface area contributed by atoms with Crippen LogP contribution in [0.1, 0.15) is 33.1 Å². The zero-order valence-electron chi connectivity index (χ0n) is 5.70. The lowest BCUT2D eigenvalue weighted by atomic mass is 10.2. The van der Waals surface area contributed by atoms with E-state index in [9.17, 15) is 0 Å². The third-order valence-electron chi connectivity index (χ3n) is 0.902. The molecular weight excluding hydrogens is 96.1 g/mol. The van der Waals surface area contributed by atoms with E-state index in [-0.39, 0.29) is 0 Å². The van der Waals surface area contributed by atoms with Crippen LogP contribution in [0.2, 0.25) is 0 Å². The van der Waals surface area contributed by atoms with Crippen LogP contribution in [0.3, 0.4) is 0 Å². The molecule has 45 valence electrons. The summed E-state index contributed by atoms with van der Waals surface area (Å²) in [6.07, 6.45) is 5.43. The van der Waals surface area contributed by atoms with Crippen molar-refractivity contribution in [3.05, 3.63) is 6.42 Å². The topological polar surface area (TPSA) is 0 Å². The fourth-order valence-corrected chi connectivity index (χ4v) is 0.439. The van der Waals surface area contributed by atoms with Crippen molar-refractivity contribution in [1.29, 1.82) is 0 Å². The lowest BCUT2D eigenvalue weighted by Crippen LogP contribution is -1.66. The van der Waals surface area contributed by atoms with Crippen LogP contribution in [0.5, 0.6) is 0 Å². The van der Waals surface area contributed by atoms with Crippen LogP contribution in [-0.2, 0) is 0 Å². The molecule has 0 aromatic carbocycles. The Balaban J connectivity index is 2.90. The van der Waals surface area contributed by atoms with E-state index in [0.29, 0.717) is 0 Å². The summed E-state index contributed by atoms with van der Waals surface area (Å²) in [6, 6.07) is 0. The largest absolute Gasteiger partial charge is 0.103 e. The fraction of sp³-hybridized carbons (Fsp3) is 0.625. The van der Waals surface area contributed by atoms with Gasteiger partial charge in [0.2, 0.25) is 0 Å². The van der Waals surface area contributed by atoms with E-state index in [0.717, 1.165) is 6.42 Å². The van der Waals surface area contributed by atoms with Crippen LogP contribution >= 0.6 is 0 Å². The van der Waals surface area contributed by atoms with Crippen LogP contribution in [0.15, 0.2) is 0 Å². The van der Waals surface area contributed by atoms with E-state index in [2.05, 4.69) is 18.8 Å². The van der Waals surface area contributed by atoms with E-state index in [4.69, 9.17) is 0 Å². The molecule has 0 saturated carbocycles. The molecule has 0 amide bonds. The normalized spacial score (nSPS) is 7.75. The molecule has 0 spiro atoms. The first-order valence-corrected chi connectivity index (χ1v) is 3.18. The fourth-order valence-electron chi connectivity index (χ4n) is 0.439. The van der Waals surface area contributed by atoms with Gasteiger partial charge in [0.1, 0.15) is 0 Å². The Labute approximate surface area is 52.3 Å². The molecule has 0 heteroatoms. The van der Waals surface area contributed by atoms with Crippen LogP contribution in [0.25, 0.3) is 0 Å². The van der Waals surface area contributed by atoms with Gasteiger partial charge in [0.15, 0.2) is 0 Å². The average Bonchev–Trinajstić information content (AvgIpc) is 1.81. The molecule has 0 rings (SSSR count). The predicted molar refractivity (Wildman–Crippen MR) is 37.3 cm³/mol. The predicted octanol–water partition coefficient (Wildman–Crippen LogP) is 2.40. The molecule has 0 aromatic heterocycles. The maximum Gasteiger partial charge on any atom is 0.0309 e. The van der Waals surface area contributed by atoms with Gasteiger partial charge in [-0.25, -0.2) is 0 Å². The Hall–Kier alpha value is -0.440. The van der Waals surface area contributed by atoms with Crippen LogP contribution in [0.4, 0.5) is 0 Å². The quantitative estimate of drug-likeness (QED) is 0.377. The smallest absolute Gasteiger partial charge is 0.0309 e. The van der Waals surface area contributed by atoms with Crippen molar-refractivity contribution in [3.63, 3.8) is 0 Å². The standard InChI is InChI=1S/C8H13/c1-3-5-7-8-6-4-2/h3H,4,6,8H2,1-2H3. The third kappa shape index (κ3) is 5.56. The van der Waals surface area contributed by atoms with E-state index < -0.39 is 0 Å². The van der Waals surface area contributed by atoms with Gasteiger partial charge in [0.25, 0.3) is 0 Å². The summed E-state index contributed by atoms with van der Waals surface area (Å²) < 4.78 is 0. The summed E-state index contributed by atoms with van der Waals surface area (Å²) in [5, 5.41) is 0. The molecule has 1 radical (unpaired) electrons. The van der Waals surface area contributed by atoms with Gasteiger partial charge in [-0.15, -0.1) is 5.92 Å². The first-order valence-electron chi connectivity index (χ1n) is 3.18. The number of hydrogen-bond acceptors (Lipinski definition) is 0.